The lowest BCUT2D eigenvalue weighted by molar-refractivity contribution is -0.126. The molecule has 3 fully saturated rings. The molecule has 3 saturated heterocycles. The number of carbonyl (C=O) groups is 1. The maximum absolute atomic E-state index is 14.3. The van der Waals surface area contributed by atoms with Gasteiger partial charge in [0, 0.05) is 11.9 Å². The molecule has 3 atom stereocenters. The number of fused-ring (bicyclic) bond motifs is 1. The van der Waals surface area contributed by atoms with Crippen LogP contribution in [0.5, 0.6) is 0 Å². The highest BCUT2D eigenvalue weighted by Crippen LogP contribution is 2.41. The van der Waals surface area contributed by atoms with Gasteiger partial charge in [-0.3, -0.25) is 4.79 Å². The number of para-hydroxylation sites is 1. The number of thioether (sulfide) groups is 1. The van der Waals surface area contributed by atoms with E-state index in [0.29, 0.717) is 18.2 Å². The second-order valence-corrected chi connectivity index (χ2v) is 9.72. The lowest BCUT2D eigenvalue weighted by Crippen LogP contribution is -2.38. The van der Waals surface area contributed by atoms with Crippen molar-refractivity contribution in [2.45, 2.75) is 30.2 Å². The van der Waals surface area contributed by atoms with E-state index >= 15 is 0 Å². The van der Waals surface area contributed by atoms with Gasteiger partial charge in [-0.25, -0.2) is 12.8 Å². The van der Waals surface area contributed by atoms with Gasteiger partial charge >= 0.3 is 0 Å². The minimum atomic E-state index is -3.18. The average Bonchev–Trinajstić information content (AvgIpc) is 3.23. The Labute approximate surface area is 149 Å². The molecule has 134 valence electrons. The van der Waals surface area contributed by atoms with Gasteiger partial charge in [-0.15, -0.1) is 0 Å². The van der Waals surface area contributed by atoms with Gasteiger partial charge in [0.1, 0.15) is 11.9 Å². The number of amidine groups is 1. The van der Waals surface area contributed by atoms with E-state index in [0.717, 1.165) is 6.42 Å². The summed E-state index contributed by atoms with van der Waals surface area (Å²) in [6.45, 7) is 0.537. The third-order valence-electron chi connectivity index (χ3n) is 4.59. The first kappa shape index (κ1) is 17.0. The molecule has 0 aliphatic carbocycles. The molecule has 0 bridgehead atoms. The Morgan fingerprint density at radius 1 is 1.32 bits per heavy atom. The molecular weight excluding hydrogens is 367 g/mol. The summed E-state index contributed by atoms with van der Waals surface area (Å²) in [4.78, 5) is 18.1. The number of sulfone groups is 1. The van der Waals surface area contributed by atoms with Gasteiger partial charge in [-0.05, 0) is 25.0 Å². The van der Waals surface area contributed by atoms with Crippen LogP contribution in [0.2, 0.25) is 0 Å². The van der Waals surface area contributed by atoms with Crippen molar-refractivity contribution in [1.29, 1.82) is 0 Å². The Hall–Kier alpha value is -1.45. The number of amides is 1. The van der Waals surface area contributed by atoms with Crippen molar-refractivity contribution in [3.63, 3.8) is 0 Å². The molecule has 1 aromatic rings. The molecule has 3 aliphatic rings. The predicted octanol–water partition coefficient (Wildman–Crippen LogP) is 1.61. The highest BCUT2D eigenvalue weighted by atomic mass is 32.2. The molecule has 0 aromatic heterocycles. The number of anilines is 1. The van der Waals surface area contributed by atoms with Crippen molar-refractivity contribution in [3.8, 4) is 0 Å². The summed E-state index contributed by atoms with van der Waals surface area (Å²) in [5.74, 6) is -0.901. The quantitative estimate of drug-likeness (QED) is 0.771. The normalized spacial score (nSPS) is 32.3. The second-order valence-electron chi connectivity index (χ2n) is 6.36. The minimum absolute atomic E-state index is 0.0143. The van der Waals surface area contributed by atoms with Gasteiger partial charge in [0.05, 0.1) is 23.2 Å². The number of rotatable bonds is 2. The predicted molar refractivity (Wildman–Crippen MR) is 94.1 cm³/mol. The molecule has 3 heterocycles. The fourth-order valence-electron chi connectivity index (χ4n) is 3.43. The van der Waals surface area contributed by atoms with Crippen LogP contribution in [0.15, 0.2) is 29.3 Å². The summed E-state index contributed by atoms with van der Waals surface area (Å²) < 4.78 is 43.7. The van der Waals surface area contributed by atoms with Gasteiger partial charge in [0.2, 0.25) is 0 Å². The summed E-state index contributed by atoms with van der Waals surface area (Å²) in [5.41, 5.74) is 0.249. The van der Waals surface area contributed by atoms with Crippen molar-refractivity contribution in [3.05, 3.63) is 30.1 Å². The number of benzene rings is 1. The zero-order valence-corrected chi connectivity index (χ0v) is 14.9. The van der Waals surface area contributed by atoms with Gasteiger partial charge in [-0.2, -0.15) is 4.99 Å². The minimum Gasteiger partial charge on any atom is -0.368 e. The average molecular weight is 384 g/mol. The fraction of sp³-hybridized carbons (Fsp3) is 0.500. The van der Waals surface area contributed by atoms with Crippen molar-refractivity contribution in [2.24, 2.45) is 4.99 Å². The number of carbonyl (C=O) groups excluding carboxylic acids is 1. The number of ether oxygens (including phenoxy) is 1. The molecule has 0 saturated carbocycles. The van der Waals surface area contributed by atoms with Crippen LogP contribution in [0.25, 0.3) is 0 Å². The Balaban J connectivity index is 1.71. The van der Waals surface area contributed by atoms with Crippen LogP contribution in [0.4, 0.5) is 10.1 Å². The van der Waals surface area contributed by atoms with Crippen molar-refractivity contribution < 1.29 is 22.3 Å². The third kappa shape index (κ3) is 3.20. The Kier molecular flexibility index (Phi) is 4.33. The Morgan fingerprint density at radius 3 is 2.84 bits per heavy atom. The summed E-state index contributed by atoms with van der Waals surface area (Å²) in [6.07, 6.45) is 0.885. The number of nitrogens with zero attached hydrogens (tertiary/aromatic N) is 2. The molecule has 0 radical (unpaired) electrons. The Morgan fingerprint density at radius 2 is 2.12 bits per heavy atom. The van der Waals surface area contributed by atoms with Crippen LogP contribution in [-0.2, 0) is 19.4 Å². The first-order valence-electron chi connectivity index (χ1n) is 8.09. The first-order chi connectivity index (χ1) is 11.9. The molecular formula is C16H17FN2O4S2. The monoisotopic (exact) mass is 384 g/mol. The summed E-state index contributed by atoms with van der Waals surface area (Å²) >= 11 is 1.24. The van der Waals surface area contributed by atoms with E-state index in [1.165, 1.54) is 17.8 Å². The highest BCUT2D eigenvalue weighted by molar-refractivity contribution is 8.16. The first-order valence-corrected chi connectivity index (χ1v) is 10.8. The lowest BCUT2D eigenvalue weighted by atomic mass is 10.2. The zero-order chi connectivity index (χ0) is 17.6. The highest BCUT2D eigenvalue weighted by Gasteiger charge is 2.50. The zero-order valence-electron chi connectivity index (χ0n) is 13.3. The number of hydrogen-bond donors (Lipinski definition) is 0. The molecule has 3 aliphatic heterocycles. The van der Waals surface area contributed by atoms with Crippen molar-refractivity contribution in [1.82, 2.24) is 0 Å². The molecule has 0 spiro atoms. The summed E-state index contributed by atoms with van der Waals surface area (Å²) in [5, 5.41) is 0.108. The lowest BCUT2D eigenvalue weighted by Gasteiger charge is -2.25. The molecule has 1 amide bonds. The smallest absolute Gasteiger partial charge is 0.277 e. The number of halogens is 1. The standard InChI is InChI=1S/C16H17FN2O4S2/c17-10-4-1-2-5-11(10)19-12-8-25(21,22)9-14(12)24-16(19)18-15(20)13-6-3-7-23-13/h1-2,4-5,12-14H,3,6-9H2/t12-,13+,14-/m1/s1. The van der Waals surface area contributed by atoms with E-state index in [1.54, 1.807) is 23.1 Å². The van der Waals surface area contributed by atoms with Crippen molar-refractivity contribution >= 4 is 38.4 Å². The van der Waals surface area contributed by atoms with E-state index in [-0.39, 0.29) is 28.4 Å². The van der Waals surface area contributed by atoms with E-state index in [9.17, 15) is 17.6 Å². The van der Waals surface area contributed by atoms with Crippen LogP contribution in [0.3, 0.4) is 0 Å². The maximum Gasteiger partial charge on any atom is 0.277 e. The molecule has 9 heteroatoms. The van der Waals surface area contributed by atoms with E-state index in [2.05, 4.69) is 4.99 Å². The molecule has 0 unspecified atom stereocenters. The van der Waals surface area contributed by atoms with Gasteiger partial charge < -0.3 is 9.64 Å². The molecule has 25 heavy (non-hydrogen) atoms. The maximum atomic E-state index is 14.3. The van der Waals surface area contributed by atoms with Crippen LogP contribution >= 0.6 is 11.8 Å². The topological polar surface area (TPSA) is 76.0 Å². The van der Waals surface area contributed by atoms with Gasteiger partial charge in [0.25, 0.3) is 5.91 Å². The molecule has 0 N–H and O–H groups in total. The van der Waals surface area contributed by atoms with Gasteiger partial charge in [-0.1, -0.05) is 23.9 Å². The summed E-state index contributed by atoms with van der Waals surface area (Å²) in [7, 11) is -3.18. The van der Waals surface area contributed by atoms with Crippen LogP contribution in [0.1, 0.15) is 12.8 Å². The number of aliphatic imine (C=N–C) groups is 1. The fourth-order valence-corrected chi connectivity index (χ4v) is 7.34. The number of hydrogen-bond acceptors (Lipinski definition) is 5. The van der Waals surface area contributed by atoms with Crippen LogP contribution in [0, 0.1) is 5.82 Å². The van der Waals surface area contributed by atoms with E-state index in [4.69, 9.17) is 4.74 Å². The molecule has 6 nitrogen and oxygen atoms in total. The van der Waals surface area contributed by atoms with Gasteiger partial charge in [0.15, 0.2) is 15.0 Å². The van der Waals surface area contributed by atoms with Crippen LogP contribution in [-0.4, -0.2) is 55.0 Å². The van der Waals surface area contributed by atoms with E-state index < -0.39 is 27.8 Å². The largest absolute Gasteiger partial charge is 0.368 e. The van der Waals surface area contributed by atoms with E-state index in [1.807, 2.05) is 0 Å². The van der Waals surface area contributed by atoms with Crippen molar-refractivity contribution in [2.75, 3.05) is 23.0 Å². The summed E-state index contributed by atoms with van der Waals surface area (Å²) in [6, 6.07) is 5.73. The van der Waals surface area contributed by atoms with Crippen LogP contribution < -0.4 is 4.90 Å². The molecule has 1 aromatic carbocycles. The third-order valence-corrected chi connectivity index (χ3v) is 7.80. The molecule has 4 rings (SSSR count). The Bertz CT molecular complexity index is 836. The SMILES string of the molecule is O=C(N=C1S[C@@H]2CS(=O)(=O)C[C@H]2N1c1ccccc1F)[C@@H]1CCCO1. The second kappa shape index (κ2) is 6.37.